The maximum atomic E-state index is 10.6. The fourth-order valence-corrected chi connectivity index (χ4v) is 1.74. The number of nitrogens with zero attached hydrogens (tertiary/aromatic N) is 3. The molecule has 0 aliphatic heterocycles. The number of carboxylic acids is 1. The van der Waals surface area contributed by atoms with Crippen LogP contribution in [0.1, 0.15) is 6.92 Å². The Morgan fingerprint density at radius 2 is 1.92 bits per heavy atom. The van der Waals surface area contributed by atoms with Crippen LogP contribution in [-0.4, -0.2) is 44.2 Å². The topological polar surface area (TPSA) is 117 Å². The van der Waals surface area contributed by atoms with Gasteiger partial charge in [0.05, 0.1) is 5.69 Å². The summed E-state index contributed by atoms with van der Waals surface area (Å²) in [6.07, 6.45) is -5.08. The molecule has 2 aromatic heterocycles. The van der Waals surface area contributed by atoms with E-state index in [2.05, 4.69) is 25.7 Å². The quantitative estimate of drug-likeness (QED) is 0.646. The number of alkyl halides is 3. The van der Waals surface area contributed by atoms with Crippen molar-refractivity contribution in [1.82, 2.24) is 20.4 Å². The van der Waals surface area contributed by atoms with Gasteiger partial charge >= 0.3 is 18.2 Å². The number of carbonyl (C=O) groups is 1. The van der Waals surface area contributed by atoms with Crippen molar-refractivity contribution in [3.63, 3.8) is 0 Å². The molecule has 0 saturated heterocycles. The molecular formula is C15H14F3N5O3. The predicted molar refractivity (Wildman–Crippen MR) is 85.2 cm³/mol. The lowest BCUT2D eigenvalue weighted by atomic mass is 10.1. The zero-order valence-corrected chi connectivity index (χ0v) is 13.4. The van der Waals surface area contributed by atoms with Gasteiger partial charge in [-0.05, 0) is 13.0 Å². The first-order chi connectivity index (χ1) is 12.3. The van der Waals surface area contributed by atoms with Crippen LogP contribution in [0.4, 0.5) is 19.2 Å². The number of carboxylic acid groups (broad SMARTS) is 1. The lowest BCUT2D eigenvalue weighted by molar-refractivity contribution is -0.192. The molecule has 0 aliphatic carbocycles. The maximum absolute atomic E-state index is 10.6. The molecule has 0 atom stereocenters. The summed E-state index contributed by atoms with van der Waals surface area (Å²) in [5.74, 6) is -2.34. The Kier molecular flexibility index (Phi) is 5.94. The Labute approximate surface area is 145 Å². The van der Waals surface area contributed by atoms with E-state index in [4.69, 9.17) is 14.3 Å². The monoisotopic (exact) mass is 369 g/mol. The number of halogens is 3. The molecule has 0 fully saturated rings. The zero-order valence-electron chi connectivity index (χ0n) is 13.4. The van der Waals surface area contributed by atoms with Crippen molar-refractivity contribution < 1.29 is 27.5 Å². The average molecular weight is 369 g/mol. The number of aromatic nitrogens is 4. The Morgan fingerprint density at radius 1 is 1.27 bits per heavy atom. The number of hydrogen-bond acceptors (Lipinski definition) is 6. The van der Waals surface area contributed by atoms with Crippen LogP contribution < -0.4 is 5.32 Å². The number of rotatable bonds is 4. The van der Waals surface area contributed by atoms with E-state index in [1.807, 2.05) is 43.3 Å². The molecule has 3 rings (SSSR count). The molecule has 26 heavy (non-hydrogen) atoms. The smallest absolute Gasteiger partial charge is 0.475 e. The standard InChI is InChI=1S/C13H13N5O.C2HF3O2/c1-2-14-13-18-17-12(19-13)11-8-10(15-16-11)9-6-4-3-5-7-9;3-2(4,5)1(6)7/h3-8H,2H2,1H3,(H,14,18)(H,15,16);(H,6,7). The summed E-state index contributed by atoms with van der Waals surface area (Å²) in [5, 5.41) is 25.1. The van der Waals surface area contributed by atoms with E-state index in [1.165, 1.54) is 0 Å². The molecule has 0 aliphatic rings. The van der Waals surface area contributed by atoms with Crippen LogP contribution in [0.25, 0.3) is 22.8 Å². The first-order valence-corrected chi connectivity index (χ1v) is 7.30. The van der Waals surface area contributed by atoms with Crippen LogP contribution in [-0.2, 0) is 4.79 Å². The van der Waals surface area contributed by atoms with Crippen LogP contribution in [0.15, 0.2) is 40.8 Å². The molecule has 2 heterocycles. The zero-order chi connectivity index (χ0) is 19.2. The Hall–Kier alpha value is -3.37. The van der Waals surface area contributed by atoms with Crippen LogP contribution in [0.2, 0.25) is 0 Å². The van der Waals surface area contributed by atoms with Gasteiger partial charge in [-0.3, -0.25) is 5.10 Å². The molecule has 0 unspecified atom stereocenters. The third kappa shape index (κ3) is 5.06. The van der Waals surface area contributed by atoms with Gasteiger partial charge in [-0.1, -0.05) is 35.4 Å². The molecule has 0 saturated carbocycles. The summed E-state index contributed by atoms with van der Waals surface area (Å²) in [5.41, 5.74) is 2.59. The second-order valence-electron chi connectivity index (χ2n) is 4.78. The Bertz CT molecular complexity index is 846. The number of hydrogen-bond donors (Lipinski definition) is 3. The van der Waals surface area contributed by atoms with Gasteiger partial charge in [0.1, 0.15) is 5.69 Å². The van der Waals surface area contributed by atoms with Gasteiger partial charge in [0.25, 0.3) is 5.89 Å². The molecule has 8 nitrogen and oxygen atoms in total. The van der Waals surface area contributed by atoms with Gasteiger partial charge in [-0.15, -0.1) is 5.10 Å². The summed E-state index contributed by atoms with van der Waals surface area (Å²) >= 11 is 0. The lowest BCUT2D eigenvalue weighted by Crippen LogP contribution is -2.21. The number of nitrogens with one attached hydrogen (secondary N) is 2. The number of aromatic amines is 1. The summed E-state index contributed by atoms with van der Waals surface area (Å²) in [7, 11) is 0. The molecular weight excluding hydrogens is 355 g/mol. The number of H-pyrrole nitrogens is 1. The van der Waals surface area contributed by atoms with Crippen molar-refractivity contribution in [2.75, 3.05) is 11.9 Å². The van der Waals surface area contributed by atoms with Gasteiger partial charge in [-0.25, -0.2) is 4.79 Å². The third-order valence-corrected chi connectivity index (χ3v) is 2.87. The average Bonchev–Trinajstić information content (AvgIpc) is 3.25. The molecule has 3 N–H and O–H groups in total. The van der Waals surface area contributed by atoms with Gasteiger partial charge in [0.15, 0.2) is 0 Å². The molecule has 0 spiro atoms. The van der Waals surface area contributed by atoms with E-state index < -0.39 is 12.1 Å². The van der Waals surface area contributed by atoms with Crippen molar-refractivity contribution in [1.29, 1.82) is 0 Å². The van der Waals surface area contributed by atoms with Crippen molar-refractivity contribution in [2.24, 2.45) is 0 Å². The minimum atomic E-state index is -5.08. The highest BCUT2D eigenvalue weighted by atomic mass is 19.4. The molecule has 0 bridgehead atoms. The molecule has 3 aromatic rings. The molecule has 138 valence electrons. The highest BCUT2D eigenvalue weighted by Gasteiger charge is 2.38. The maximum Gasteiger partial charge on any atom is 0.490 e. The van der Waals surface area contributed by atoms with E-state index in [9.17, 15) is 13.2 Å². The molecule has 0 amide bonds. The fraction of sp³-hybridized carbons (Fsp3) is 0.200. The van der Waals surface area contributed by atoms with E-state index in [0.29, 0.717) is 17.6 Å². The Morgan fingerprint density at radius 3 is 2.50 bits per heavy atom. The summed E-state index contributed by atoms with van der Waals surface area (Å²) in [6.45, 7) is 2.70. The SMILES string of the molecule is CCNc1nnc(-c2cc(-c3ccccc3)n[nH]2)o1.O=C(O)C(F)(F)F. The minimum Gasteiger partial charge on any atom is -0.475 e. The predicted octanol–water partition coefficient (Wildman–Crippen LogP) is 3.19. The van der Waals surface area contributed by atoms with Gasteiger partial charge in [-0.2, -0.15) is 18.3 Å². The van der Waals surface area contributed by atoms with Crippen molar-refractivity contribution in [3.05, 3.63) is 36.4 Å². The van der Waals surface area contributed by atoms with Crippen molar-refractivity contribution in [3.8, 4) is 22.8 Å². The number of anilines is 1. The Balaban J connectivity index is 0.000000298. The highest BCUT2D eigenvalue weighted by molar-refractivity contribution is 5.73. The van der Waals surface area contributed by atoms with Crippen molar-refractivity contribution >= 4 is 12.0 Å². The van der Waals surface area contributed by atoms with Gasteiger partial charge < -0.3 is 14.8 Å². The van der Waals surface area contributed by atoms with Crippen LogP contribution >= 0.6 is 0 Å². The van der Waals surface area contributed by atoms with Gasteiger partial charge in [0.2, 0.25) is 0 Å². The number of aliphatic carboxylic acids is 1. The van der Waals surface area contributed by atoms with E-state index in [1.54, 1.807) is 0 Å². The minimum absolute atomic E-state index is 0.411. The van der Waals surface area contributed by atoms with Gasteiger partial charge in [0, 0.05) is 12.1 Å². The summed E-state index contributed by atoms with van der Waals surface area (Å²) < 4.78 is 37.2. The van der Waals surface area contributed by atoms with E-state index in [-0.39, 0.29) is 0 Å². The third-order valence-electron chi connectivity index (χ3n) is 2.87. The largest absolute Gasteiger partial charge is 0.490 e. The number of benzene rings is 1. The normalized spacial score (nSPS) is 10.8. The van der Waals surface area contributed by atoms with E-state index >= 15 is 0 Å². The first-order valence-electron chi connectivity index (χ1n) is 7.30. The van der Waals surface area contributed by atoms with E-state index in [0.717, 1.165) is 17.8 Å². The fourth-order valence-electron chi connectivity index (χ4n) is 1.74. The molecule has 11 heteroatoms. The van der Waals surface area contributed by atoms with Crippen LogP contribution in [0.3, 0.4) is 0 Å². The van der Waals surface area contributed by atoms with Crippen molar-refractivity contribution in [2.45, 2.75) is 13.1 Å². The summed E-state index contributed by atoms with van der Waals surface area (Å²) in [4.78, 5) is 8.90. The first kappa shape index (κ1) is 19.0. The van der Waals surface area contributed by atoms with Crippen LogP contribution in [0, 0.1) is 0 Å². The molecule has 0 radical (unpaired) electrons. The molecule has 1 aromatic carbocycles. The van der Waals surface area contributed by atoms with Crippen LogP contribution in [0.5, 0.6) is 0 Å². The highest BCUT2D eigenvalue weighted by Crippen LogP contribution is 2.23. The second-order valence-corrected chi connectivity index (χ2v) is 4.78. The summed E-state index contributed by atoms with van der Waals surface area (Å²) in [6, 6.07) is 12.2. The lowest BCUT2D eigenvalue weighted by Gasteiger charge is -1.93. The second kappa shape index (κ2) is 8.14.